The first-order valence-corrected chi connectivity index (χ1v) is 10.0. The van der Waals surface area contributed by atoms with Crippen LogP contribution in [0.25, 0.3) is 22.1 Å². The monoisotopic (exact) mass is 464 g/mol. The van der Waals surface area contributed by atoms with Gasteiger partial charge >= 0.3 is 12.1 Å². The third kappa shape index (κ3) is 4.33. The quantitative estimate of drug-likeness (QED) is 0.489. The number of fused-ring (bicyclic) bond motifs is 2. The van der Waals surface area contributed by atoms with E-state index in [4.69, 9.17) is 18.6 Å². The summed E-state index contributed by atoms with van der Waals surface area (Å²) in [5, 5.41) is -0.0375. The van der Waals surface area contributed by atoms with Crippen LogP contribution in [-0.4, -0.2) is 26.5 Å². The minimum atomic E-state index is -4.95. The standard InChI is InChI=1S/C23H19F3O7/c1-3-4-12-7-14-17(9-16(12)30-10-19(27)29-2)33-22(23(24,25)26)20(21(14)28)13-5-6-15-18(8-13)32-11-31-15/h5-9H,3-4,10-11H2,1-2H3. The van der Waals surface area contributed by atoms with Crippen LogP contribution in [0.5, 0.6) is 17.2 Å². The maximum absolute atomic E-state index is 13.9. The van der Waals surface area contributed by atoms with Gasteiger partial charge in [-0.25, -0.2) is 4.79 Å². The van der Waals surface area contributed by atoms with Crippen LogP contribution >= 0.6 is 0 Å². The Hall–Kier alpha value is -3.69. The van der Waals surface area contributed by atoms with Gasteiger partial charge in [-0.15, -0.1) is 0 Å². The molecule has 10 heteroatoms. The smallest absolute Gasteiger partial charge is 0.450 e. The van der Waals surface area contributed by atoms with E-state index in [0.29, 0.717) is 24.2 Å². The highest BCUT2D eigenvalue weighted by Crippen LogP contribution is 2.41. The molecule has 0 fully saturated rings. The Kier molecular flexibility index (Phi) is 5.92. The molecule has 0 radical (unpaired) electrons. The molecule has 3 aromatic rings. The highest BCUT2D eigenvalue weighted by Gasteiger charge is 2.40. The third-order valence-corrected chi connectivity index (χ3v) is 5.08. The summed E-state index contributed by atoms with van der Waals surface area (Å²) in [6.07, 6.45) is -3.82. The van der Waals surface area contributed by atoms with Gasteiger partial charge in [0, 0.05) is 6.07 Å². The Morgan fingerprint density at radius 2 is 1.88 bits per heavy atom. The average molecular weight is 464 g/mol. The molecular formula is C23H19F3O7. The molecule has 0 aliphatic carbocycles. The molecule has 174 valence electrons. The zero-order chi connectivity index (χ0) is 23.8. The van der Waals surface area contributed by atoms with Gasteiger partial charge in [-0.05, 0) is 35.7 Å². The number of hydrogen-bond donors (Lipinski definition) is 0. The number of methoxy groups -OCH3 is 1. The van der Waals surface area contributed by atoms with Crippen molar-refractivity contribution < 1.29 is 41.3 Å². The van der Waals surface area contributed by atoms with Crippen molar-refractivity contribution in [3.63, 3.8) is 0 Å². The van der Waals surface area contributed by atoms with Crippen LogP contribution in [0.3, 0.4) is 0 Å². The molecule has 2 heterocycles. The van der Waals surface area contributed by atoms with Crippen molar-refractivity contribution in [2.24, 2.45) is 0 Å². The van der Waals surface area contributed by atoms with Crippen LogP contribution < -0.4 is 19.6 Å². The number of aryl methyl sites for hydroxylation is 1. The van der Waals surface area contributed by atoms with Gasteiger partial charge in [0.1, 0.15) is 11.3 Å². The average Bonchev–Trinajstić information content (AvgIpc) is 3.25. The molecule has 7 nitrogen and oxygen atoms in total. The second-order valence-electron chi connectivity index (χ2n) is 7.27. The van der Waals surface area contributed by atoms with Crippen molar-refractivity contribution >= 4 is 16.9 Å². The van der Waals surface area contributed by atoms with E-state index in [1.807, 2.05) is 6.92 Å². The van der Waals surface area contributed by atoms with E-state index in [9.17, 15) is 22.8 Å². The number of alkyl halides is 3. The van der Waals surface area contributed by atoms with Gasteiger partial charge in [0.2, 0.25) is 18.0 Å². The van der Waals surface area contributed by atoms with Gasteiger partial charge in [-0.1, -0.05) is 19.4 Å². The summed E-state index contributed by atoms with van der Waals surface area (Å²) in [6.45, 7) is 1.39. The SMILES string of the molecule is CCCc1cc2c(=O)c(-c3ccc4c(c3)OCO4)c(C(F)(F)F)oc2cc1OCC(=O)OC. The van der Waals surface area contributed by atoms with Crippen LogP contribution in [0.1, 0.15) is 24.7 Å². The summed E-state index contributed by atoms with van der Waals surface area (Å²) in [5.41, 5.74) is -1.24. The van der Waals surface area contributed by atoms with Crippen LogP contribution in [0, 0.1) is 0 Å². The molecule has 1 aromatic heterocycles. The molecule has 0 amide bonds. The summed E-state index contributed by atoms with van der Waals surface area (Å²) in [5.74, 6) is -1.36. The first kappa shape index (κ1) is 22.5. The number of ether oxygens (including phenoxy) is 4. The molecule has 4 rings (SSSR count). The number of benzene rings is 2. The zero-order valence-corrected chi connectivity index (χ0v) is 17.7. The molecule has 0 N–H and O–H groups in total. The first-order valence-electron chi connectivity index (χ1n) is 10.0. The fraction of sp³-hybridized carbons (Fsp3) is 0.304. The summed E-state index contributed by atoms with van der Waals surface area (Å²) < 4.78 is 67.4. The van der Waals surface area contributed by atoms with E-state index in [1.54, 1.807) is 0 Å². The minimum absolute atomic E-state index is 0.00900. The highest BCUT2D eigenvalue weighted by molar-refractivity contribution is 5.85. The molecule has 0 saturated heterocycles. The number of carbonyl (C=O) groups is 1. The molecular weight excluding hydrogens is 445 g/mol. The van der Waals surface area contributed by atoms with Crippen molar-refractivity contribution in [3.05, 3.63) is 51.9 Å². The van der Waals surface area contributed by atoms with Gasteiger partial charge in [0.25, 0.3) is 0 Å². The number of rotatable bonds is 6. The fourth-order valence-electron chi connectivity index (χ4n) is 3.58. The summed E-state index contributed by atoms with van der Waals surface area (Å²) in [6, 6.07) is 6.74. The number of hydrogen-bond acceptors (Lipinski definition) is 7. The first-order chi connectivity index (χ1) is 15.7. The van der Waals surface area contributed by atoms with E-state index in [0.717, 1.165) is 0 Å². The molecule has 33 heavy (non-hydrogen) atoms. The molecule has 0 bridgehead atoms. The maximum atomic E-state index is 13.9. The van der Waals surface area contributed by atoms with E-state index in [2.05, 4.69) is 4.74 Å². The topological polar surface area (TPSA) is 84.2 Å². The zero-order valence-electron chi connectivity index (χ0n) is 17.7. The van der Waals surface area contributed by atoms with E-state index in [1.165, 1.54) is 37.4 Å². The molecule has 0 atom stereocenters. The van der Waals surface area contributed by atoms with Crippen LogP contribution in [0.15, 0.2) is 39.5 Å². The Labute approximate surface area is 185 Å². The second kappa shape index (κ2) is 8.68. The van der Waals surface area contributed by atoms with Crippen LogP contribution in [-0.2, 0) is 22.1 Å². The Morgan fingerprint density at radius 1 is 1.12 bits per heavy atom. The number of carbonyl (C=O) groups excluding carboxylic acids is 1. The summed E-state index contributed by atoms with van der Waals surface area (Å²) in [7, 11) is 1.19. The minimum Gasteiger partial charge on any atom is -0.481 e. The van der Waals surface area contributed by atoms with Crippen molar-refractivity contribution in [2.75, 3.05) is 20.5 Å². The normalized spacial score (nSPS) is 12.8. The van der Waals surface area contributed by atoms with Gasteiger partial charge in [0.15, 0.2) is 18.1 Å². The third-order valence-electron chi connectivity index (χ3n) is 5.08. The summed E-state index contributed by atoms with van der Waals surface area (Å²) in [4.78, 5) is 24.8. The van der Waals surface area contributed by atoms with Gasteiger partial charge in [-0.3, -0.25) is 4.79 Å². The predicted molar refractivity (Wildman–Crippen MR) is 111 cm³/mol. The molecule has 2 aromatic carbocycles. The molecule has 1 aliphatic rings. The highest BCUT2D eigenvalue weighted by atomic mass is 19.4. The van der Waals surface area contributed by atoms with Gasteiger partial charge in [0.05, 0.1) is 18.1 Å². The predicted octanol–water partition coefficient (Wildman–Crippen LogP) is 4.71. The fourth-order valence-corrected chi connectivity index (χ4v) is 3.58. The lowest BCUT2D eigenvalue weighted by Crippen LogP contribution is -2.17. The van der Waals surface area contributed by atoms with E-state index >= 15 is 0 Å². The van der Waals surface area contributed by atoms with Crippen LogP contribution in [0.2, 0.25) is 0 Å². The van der Waals surface area contributed by atoms with E-state index < -0.39 is 35.5 Å². The molecule has 1 aliphatic heterocycles. The lowest BCUT2D eigenvalue weighted by Gasteiger charge is -2.15. The van der Waals surface area contributed by atoms with Crippen LogP contribution in [0.4, 0.5) is 13.2 Å². The maximum Gasteiger partial charge on any atom is 0.450 e. The Bertz CT molecular complexity index is 1280. The van der Waals surface area contributed by atoms with Gasteiger partial charge < -0.3 is 23.4 Å². The van der Waals surface area contributed by atoms with E-state index in [-0.39, 0.29) is 34.8 Å². The molecule has 0 unspecified atom stereocenters. The molecule has 0 saturated carbocycles. The number of esters is 1. The van der Waals surface area contributed by atoms with Crippen molar-refractivity contribution in [1.29, 1.82) is 0 Å². The van der Waals surface area contributed by atoms with Gasteiger partial charge in [-0.2, -0.15) is 13.2 Å². The Balaban J connectivity index is 1.94. The lowest BCUT2D eigenvalue weighted by atomic mass is 9.99. The largest absolute Gasteiger partial charge is 0.481 e. The second-order valence-corrected chi connectivity index (χ2v) is 7.27. The lowest BCUT2D eigenvalue weighted by molar-refractivity contribution is -0.152. The molecule has 0 spiro atoms. The van der Waals surface area contributed by atoms with Crippen molar-refractivity contribution in [3.8, 4) is 28.4 Å². The van der Waals surface area contributed by atoms with Crippen molar-refractivity contribution in [2.45, 2.75) is 25.9 Å². The summed E-state index contributed by atoms with van der Waals surface area (Å²) >= 11 is 0. The number of halogens is 3. The Morgan fingerprint density at radius 3 is 2.58 bits per heavy atom. The van der Waals surface area contributed by atoms with Crippen molar-refractivity contribution in [1.82, 2.24) is 0 Å².